The maximum Gasteiger partial charge on any atom is 0.349 e. The first-order valence-corrected chi connectivity index (χ1v) is 7.90. The first-order chi connectivity index (χ1) is 11.9. The highest BCUT2D eigenvalue weighted by Gasteiger charge is 2.20. The number of para-hydroxylation sites is 1. The molecule has 0 saturated carbocycles. The Hall–Kier alpha value is -2.86. The molecule has 132 valence electrons. The lowest BCUT2D eigenvalue weighted by atomic mass is 9.96. The van der Waals surface area contributed by atoms with E-state index in [1.165, 1.54) is 18.2 Å². The number of carbonyl (C=O) groups is 2. The molecule has 0 aliphatic heterocycles. The summed E-state index contributed by atoms with van der Waals surface area (Å²) < 4.78 is 10.3. The Kier molecular flexibility index (Phi) is 6.14. The van der Waals surface area contributed by atoms with Crippen LogP contribution >= 0.6 is 0 Å². The molecule has 0 saturated heterocycles. The van der Waals surface area contributed by atoms with Crippen molar-refractivity contribution in [2.75, 3.05) is 6.61 Å². The minimum absolute atomic E-state index is 0.0257. The van der Waals surface area contributed by atoms with Crippen LogP contribution < -0.4 is 15.2 Å². The second-order valence-electron chi connectivity index (χ2n) is 5.89. The molecule has 0 aliphatic rings. The van der Waals surface area contributed by atoms with Gasteiger partial charge in [-0.25, -0.2) is 4.79 Å². The molecule has 0 aliphatic carbocycles. The minimum atomic E-state index is -0.669. The fourth-order valence-electron chi connectivity index (χ4n) is 2.06. The Labute approximate surface area is 146 Å². The number of ketones is 1. The van der Waals surface area contributed by atoms with Gasteiger partial charge in [0.1, 0.15) is 5.75 Å². The van der Waals surface area contributed by atoms with E-state index in [0.717, 1.165) is 0 Å². The third kappa shape index (κ3) is 5.06. The normalized spacial score (nSPS) is 11.8. The van der Waals surface area contributed by atoms with Gasteiger partial charge in [-0.3, -0.25) is 4.79 Å². The van der Waals surface area contributed by atoms with E-state index < -0.39 is 12.0 Å². The Morgan fingerprint density at radius 3 is 2.40 bits per heavy atom. The van der Waals surface area contributed by atoms with Crippen LogP contribution in [0, 0.1) is 5.92 Å². The molecular formula is C19H21NO5. The second-order valence-corrected chi connectivity index (χ2v) is 5.89. The van der Waals surface area contributed by atoms with E-state index in [1.54, 1.807) is 24.3 Å². The van der Waals surface area contributed by atoms with Gasteiger partial charge in [0.2, 0.25) is 0 Å². The largest absolute Gasteiger partial charge is 0.504 e. The van der Waals surface area contributed by atoms with Gasteiger partial charge in [-0.1, -0.05) is 32.0 Å². The molecule has 2 aromatic rings. The van der Waals surface area contributed by atoms with Crippen LogP contribution in [0.25, 0.3) is 0 Å². The SMILES string of the molecule is CC(C)C(N)C(=O)c1ccc(OC(=O)COc2ccccc2)c(O)c1. The highest BCUT2D eigenvalue weighted by atomic mass is 16.6. The number of hydrogen-bond donors (Lipinski definition) is 2. The van der Waals surface area contributed by atoms with Gasteiger partial charge in [0.05, 0.1) is 6.04 Å². The van der Waals surface area contributed by atoms with Gasteiger partial charge in [0.25, 0.3) is 0 Å². The molecular weight excluding hydrogens is 322 g/mol. The number of Topliss-reactive ketones (excluding diaryl/α,β-unsaturated/α-hetero) is 1. The van der Waals surface area contributed by atoms with Crippen LogP contribution in [0.2, 0.25) is 0 Å². The van der Waals surface area contributed by atoms with Crippen LogP contribution in [0.15, 0.2) is 48.5 Å². The van der Waals surface area contributed by atoms with E-state index in [1.807, 2.05) is 19.9 Å². The van der Waals surface area contributed by atoms with Crippen molar-refractivity contribution in [3.05, 3.63) is 54.1 Å². The first kappa shape index (κ1) is 18.5. The summed E-state index contributed by atoms with van der Waals surface area (Å²) in [5.74, 6) is -0.798. The fourth-order valence-corrected chi connectivity index (χ4v) is 2.06. The molecule has 0 radical (unpaired) electrons. The van der Waals surface area contributed by atoms with Crippen molar-refractivity contribution >= 4 is 11.8 Å². The molecule has 0 aromatic heterocycles. The zero-order valence-corrected chi connectivity index (χ0v) is 14.1. The molecule has 6 nitrogen and oxygen atoms in total. The van der Waals surface area contributed by atoms with Crippen LogP contribution in [-0.2, 0) is 4.79 Å². The predicted molar refractivity (Wildman–Crippen MR) is 92.8 cm³/mol. The Balaban J connectivity index is 1.98. The number of nitrogens with two attached hydrogens (primary N) is 1. The Morgan fingerprint density at radius 2 is 1.80 bits per heavy atom. The smallest absolute Gasteiger partial charge is 0.349 e. The zero-order chi connectivity index (χ0) is 18.4. The topological polar surface area (TPSA) is 98.9 Å². The van der Waals surface area contributed by atoms with Crippen molar-refractivity contribution in [1.82, 2.24) is 0 Å². The van der Waals surface area contributed by atoms with Gasteiger partial charge in [-0.2, -0.15) is 0 Å². The van der Waals surface area contributed by atoms with Crippen LogP contribution in [0.1, 0.15) is 24.2 Å². The highest BCUT2D eigenvalue weighted by molar-refractivity contribution is 6.00. The number of esters is 1. The number of benzene rings is 2. The molecule has 2 rings (SSSR count). The predicted octanol–water partition coefficient (Wildman–Crippen LogP) is 2.54. The van der Waals surface area contributed by atoms with Gasteiger partial charge in [0.15, 0.2) is 23.9 Å². The summed E-state index contributed by atoms with van der Waals surface area (Å²) in [6, 6.07) is 12.2. The summed E-state index contributed by atoms with van der Waals surface area (Å²) in [6.07, 6.45) is 0. The van der Waals surface area contributed by atoms with Crippen molar-refractivity contribution < 1.29 is 24.2 Å². The first-order valence-electron chi connectivity index (χ1n) is 7.90. The number of carbonyl (C=O) groups excluding carboxylic acids is 2. The molecule has 0 spiro atoms. The average Bonchev–Trinajstić information content (AvgIpc) is 2.61. The van der Waals surface area contributed by atoms with Crippen LogP contribution in [-0.4, -0.2) is 29.5 Å². The molecule has 6 heteroatoms. The van der Waals surface area contributed by atoms with Crippen molar-refractivity contribution in [3.63, 3.8) is 0 Å². The molecule has 25 heavy (non-hydrogen) atoms. The van der Waals surface area contributed by atoms with Crippen LogP contribution in [0.5, 0.6) is 17.2 Å². The lowest BCUT2D eigenvalue weighted by Crippen LogP contribution is -2.35. The number of ether oxygens (including phenoxy) is 2. The molecule has 3 N–H and O–H groups in total. The standard InChI is InChI=1S/C19H21NO5/c1-12(2)18(20)19(23)13-8-9-16(15(21)10-13)25-17(22)11-24-14-6-4-3-5-7-14/h3-10,12,18,21H,11,20H2,1-2H3. The van der Waals surface area contributed by atoms with Crippen molar-refractivity contribution in [3.8, 4) is 17.2 Å². The van der Waals surface area contributed by atoms with Crippen LogP contribution in [0.4, 0.5) is 0 Å². The molecule has 0 bridgehead atoms. The van der Waals surface area contributed by atoms with E-state index in [4.69, 9.17) is 15.2 Å². The monoisotopic (exact) mass is 343 g/mol. The van der Waals surface area contributed by atoms with Crippen LogP contribution in [0.3, 0.4) is 0 Å². The minimum Gasteiger partial charge on any atom is -0.504 e. The third-order valence-electron chi connectivity index (χ3n) is 3.59. The molecule has 2 aromatic carbocycles. The molecule has 0 fully saturated rings. The summed E-state index contributed by atoms with van der Waals surface area (Å²) in [7, 11) is 0. The van der Waals surface area contributed by atoms with Gasteiger partial charge in [-0.05, 0) is 36.2 Å². The number of hydrogen-bond acceptors (Lipinski definition) is 6. The number of rotatable bonds is 7. The molecule has 1 atom stereocenters. The van der Waals surface area contributed by atoms with Crippen molar-refractivity contribution in [1.29, 1.82) is 0 Å². The lowest BCUT2D eigenvalue weighted by molar-refractivity contribution is -0.136. The van der Waals surface area contributed by atoms with E-state index in [0.29, 0.717) is 5.75 Å². The number of aromatic hydroxyl groups is 1. The second kappa shape index (κ2) is 8.30. The number of phenols is 1. The summed E-state index contributed by atoms with van der Waals surface area (Å²) >= 11 is 0. The fraction of sp³-hybridized carbons (Fsp3) is 0.263. The van der Waals surface area contributed by atoms with E-state index in [-0.39, 0.29) is 35.4 Å². The molecule has 1 unspecified atom stereocenters. The average molecular weight is 343 g/mol. The van der Waals surface area contributed by atoms with E-state index in [2.05, 4.69) is 0 Å². The number of phenolic OH excluding ortho intramolecular Hbond substituents is 1. The third-order valence-corrected chi connectivity index (χ3v) is 3.59. The quantitative estimate of drug-likeness (QED) is 0.455. The summed E-state index contributed by atoms with van der Waals surface area (Å²) in [6.45, 7) is 3.37. The highest BCUT2D eigenvalue weighted by Crippen LogP contribution is 2.28. The maximum atomic E-state index is 12.2. The van der Waals surface area contributed by atoms with E-state index in [9.17, 15) is 14.7 Å². The Morgan fingerprint density at radius 1 is 1.12 bits per heavy atom. The van der Waals surface area contributed by atoms with Gasteiger partial charge in [-0.15, -0.1) is 0 Å². The zero-order valence-electron chi connectivity index (χ0n) is 14.1. The summed E-state index contributed by atoms with van der Waals surface area (Å²) in [5.41, 5.74) is 6.09. The van der Waals surface area contributed by atoms with E-state index >= 15 is 0 Å². The van der Waals surface area contributed by atoms with Crippen molar-refractivity contribution in [2.24, 2.45) is 11.7 Å². The molecule has 0 amide bonds. The van der Waals surface area contributed by atoms with Crippen molar-refractivity contribution in [2.45, 2.75) is 19.9 Å². The molecule has 0 heterocycles. The Bertz CT molecular complexity index is 743. The van der Waals surface area contributed by atoms with Gasteiger partial charge < -0.3 is 20.3 Å². The maximum absolute atomic E-state index is 12.2. The summed E-state index contributed by atoms with van der Waals surface area (Å²) in [4.78, 5) is 24.0. The lowest BCUT2D eigenvalue weighted by Gasteiger charge is -2.15. The summed E-state index contributed by atoms with van der Waals surface area (Å²) in [5, 5.41) is 9.98. The van der Waals surface area contributed by atoms with Gasteiger partial charge >= 0.3 is 5.97 Å². The van der Waals surface area contributed by atoms with Gasteiger partial charge in [0, 0.05) is 5.56 Å².